The van der Waals surface area contributed by atoms with Gasteiger partial charge >= 0.3 is 0 Å². The van der Waals surface area contributed by atoms with Crippen molar-refractivity contribution in [2.75, 3.05) is 5.75 Å². The van der Waals surface area contributed by atoms with E-state index in [1.165, 1.54) is 49.7 Å². The number of carbonyl (C=O) groups is 1. The molecular formula is C50H52N4OS. The van der Waals surface area contributed by atoms with E-state index in [4.69, 9.17) is 9.97 Å². The second-order valence-corrected chi connectivity index (χ2v) is 16.6. The maximum absolute atomic E-state index is 12.9. The van der Waals surface area contributed by atoms with Crippen molar-refractivity contribution in [3.05, 3.63) is 111 Å². The Morgan fingerprint density at radius 1 is 0.696 bits per heavy atom. The van der Waals surface area contributed by atoms with Crippen molar-refractivity contribution in [1.29, 1.82) is 0 Å². The van der Waals surface area contributed by atoms with Crippen molar-refractivity contribution in [3.8, 4) is 11.8 Å². The lowest BCUT2D eigenvalue weighted by atomic mass is 9.91. The molecule has 8 bridgehead atoms. The van der Waals surface area contributed by atoms with Crippen LogP contribution in [0.3, 0.4) is 0 Å². The Morgan fingerprint density at radius 3 is 1.86 bits per heavy atom. The average Bonchev–Trinajstić information content (AvgIpc) is 4.07. The molecule has 0 aliphatic carbocycles. The second kappa shape index (κ2) is 16.9. The van der Waals surface area contributed by atoms with Crippen LogP contribution in [0.1, 0.15) is 134 Å². The van der Waals surface area contributed by atoms with Gasteiger partial charge in [-0.15, -0.1) is 11.8 Å². The fourth-order valence-corrected chi connectivity index (χ4v) is 9.44. The second-order valence-electron chi connectivity index (χ2n) is 15.6. The maximum Gasteiger partial charge on any atom is 0.173 e. The van der Waals surface area contributed by atoms with Crippen molar-refractivity contribution in [1.82, 2.24) is 19.9 Å². The number of Topliss-reactive ketones (excluding diaryl/α,β-unsaturated/α-hetero) is 1. The quantitative estimate of drug-likeness (QED) is 0.122. The summed E-state index contributed by atoms with van der Waals surface area (Å²) in [6.07, 6.45) is 20.0. The van der Waals surface area contributed by atoms with Crippen LogP contribution in [0, 0.1) is 23.7 Å². The van der Waals surface area contributed by atoms with Crippen molar-refractivity contribution in [2.45, 2.75) is 96.8 Å². The zero-order chi connectivity index (χ0) is 38.6. The molecule has 2 atom stereocenters. The van der Waals surface area contributed by atoms with E-state index in [1.54, 1.807) is 11.8 Å². The van der Waals surface area contributed by atoms with E-state index >= 15 is 0 Å². The Hall–Kier alpha value is -5.12. The standard InChI is InChI=1S/C50H52N4OS/c1-5-9-12-32(7-3)28-40-44-21-18-35(51-44)30-36-19-22-45(52-36)41(29-33(8-4)13-10-6-2)47-26-24-43(54-47)38(42-23-25-46(40)53-42)20-16-34-17-27-49-50-37(34)14-11-15-39(50)48(55)31-56-49/h11,14-15,17-19,21-27,30,32-33,51-52H,5-10,12-13,28-29,31H2,1-4H3. The summed E-state index contributed by atoms with van der Waals surface area (Å²) in [5.41, 5.74) is 12.9. The molecule has 284 valence electrons. The number of hydrogen-bond acceptors (Lipinski definition) is 4. The van der Waals surface area contributed by atoms with Crippen LogP contribution in [0.5, 0.6) is 0 Å². The number of H-pyrrole nitrogens is 2. The number of unbranched alkanes of at least 4 members (excludes halogenated alkanes) is 2. The molecule has 0 saturated heterocycles. The normalized spacial score (nSPS) is 14.2. The van der Waals surface area contributed by atoms with Crippen molar-refractivity contribution in [3.63, 3.8) is 0 Å². The first kappa shape index (κ1) is 37.8. The van der Waals surface area contributed by atoms with Crippen LogP contribution in [-0.2, 0) is 12.8 Å². The summed E-state index contributed by atoms with van der Waals surface area (Å²) in [7, 11) is 0. The minimum Gasteiger partial charge on any atom is -0.355 e. The summed E-state index contributed by atoms with van der Waals surface area (Å²) in [6.45, 7) is 9.17. The molecule has 8 rings (SSSR count). The number of ketones is 1. The van der Waals surface area contributed by atoms with Crippen LogP contribution in [-0.4, -0.2) is 31.5 Å². The molecule has 0 spiro atoms. The number of hydrogen-bond donors (Lipinski definition) is 2. The highest BCUT2D eigenvalue weighted by atomic mass is 32.2. The minimum absolute atomic E-state index is 0.174. The third kappa shape index (κ3) is 7.80. The topological polar surface area (TPSA) is 74.4 Å². The molecule has 0 amide bonds. The number of carbonyl (C=O) groups excluding carboxylic acids is 1. The smallest absolute Gasteiger partial charge is 0.173 e. The molecule has 5 aromatic rings. The fourth-order valence-electron chi connectivity index (χ4n) is 8.47. The van der Waals surface area contributed by atoms with E-state index in [0.717, 1.165) is 103 Å². The Balaban J connectivity index is 1.39. The van der Waals surface area contributed by atoms with Gasteiger partial charge in [0.05, 0.1) is 34.1 Å². The molecule has 3 aliphatic rings. The van der Waals surface area contributed by atoms with Crippen molar-refractivity contribution >= 4 is 74.7 Å². The van der Waals surface area contributed by atoms with Crippen LogP contribution in [0.15, 0.2) is 65.6 Å². The number of benzene rings is 2. The van der Waals surface area contributed by atoms with Gasteiger partial charge in [-0.2, -0.15) is 0 Å². The highest BCUT2D eigenvalue weighted by Crippen LogP contribution is 2.37. The third-order valence-electron chi connectivity index (χ3n) is 11.8. The average molecular weight is 757 g/mol. The van der Waals surface area contributed by atoms with Gasteiger partial charge in [-0.1, -0.05) is 109 Å². The molecule has 2 aromatic carbocycles. The van der Waals surface area contributed by atoms with E-state index in [0.29, 0.717) is 17.6 Å². The van der Waals surface area contributed by atoms with Gasteiger partial charge in [-0.05, 0) is 96.8 Å². The van der Waals surface area contributed by atoms with Gasteiger partial charge in [0.1, 0.15) is 0 Å². The Labute approximate surface area is 335 Å². The van der Waals surface area contributed by atoms with Crippen molar-refractivity contribution < 1.29 is 4.79 Å². The SMILES string of the molecule is CCCCC(CC)Cc1c2nc(c(C#Cc3ccc4c5c(cccc35)C(=O)CS4)c3nc(c(CC(CC)CCCC)c4ccc(cc5ccc1[nH]5)[nH]4)C=C3)C=C2. The highest BCUT2D eigenvalue weighted by Gasteiger charge is 2.22. The molecule has 5 nitrogen and oxygen atoms in total. The van der Waals surface area contributed by atoms with Gasteiger partial charge in [0.2, 0.25) is 0 Å². The molecule has 0 saturated carbocycles. The van der Waals surface area contributed by atoms with E-state index in [1.807, 2.05) is 12.1 Å². The van der Waals surface area contributed by atoms with Gasteiger partial charge in [0, 0.05) is 54.6 Å². The van der Waals surface area contributed by atoms with E-state index < -0.39 is 0 Å². The van der Waals surface area contributed by atoms with Crippen LogP contribution in [0.4, 0.5) is 0 Å². The lowest BCUT2D eigenvalue weighted by Gasteiger charge is -2.16. The Morgan fingerprint density at radius 2 is 1.29 bits per heavy atom. The molecule has 3 aromatic heterocycles. The summed E-state index contributed by atoms with van der Waals surface area (Å²) >= 11 is 1.61. The Bertz CT molecular complexity index is 2480. The molecular weight excluding hydrogens is 705 g/mol. The van der Waals surface area contributed by atoms with E-state index in [2.05, 4.69) is 122 Å². The van der Waals surface area contributed by atoms with Crippen LogP contribution in [0.25, 0.3) is 57.1 Å². The fraction of sp³-hybridized carbons (Fsp3) is 0.340. The molecule has 6 heterocycles. The first-order chi connectivity index (χ1) is 27.5. The zero-order valence-electron chi connectivity index (χ0n) is 33.2. The number of aromatic nitrogens is 4. The number of nitrogens with one attached hydrogen (secondary N) is 2. The predicted molar refractivity (Wildman–Crippen MR) is 238 cm³/mol. The molecule has 2 unspecified atom stereocenters. The molecule has 0 radical (unpaired) electrons. The van der Waals surface area contributed by atoms with Gasteiger partial charge in [-0.25, -0.2) is 9.97 Å². The summed E-state index contributed by atoms with van der Waals surface area (Å²) in [4.78, 5) is 32.4. The molecule has 2 N–H and O–H groups in total. The first-order valence-corrected chi connectivity index (χ1v) is 21.8. The Kier molecular flexibility index (Phi) is 11.4. The van der Waals surface area contributed by atoms with Gasteiger partial charge in [-0.3, -0.25) is 4.79 Å². The minimum atomic E-state index is 0.174. The highest BCUT2D eigenvalue weighted by molar-refractivity contribution is 8.00. The molecule has 0 fully saturated rings. The largest absolute Gasteiger partial charge is 0.355 e. The number of fused-ring (bicyclic) bond motifs is 8. The molecule has 3 aliphatic heterocycles. The van der Waals surface area contributed by atoms with Crippen LogP contribution >= 0.6 is 11.8 Å². The summed E-state index contributed by atoms with van der Waals surface area (Å²) in [5, 5.41) is 2.03. The lowest BCUT2D eigenvalue weighted by molar-refractivity contribution is 0.102. The number of aromatic amines is 2. The number of nitrogens with zero attached hydrogens (tertiary/aromatic N) is 2. The first-order valence-electron chi connectivity index (χ1n) is 20.8. The van der Waals surface area contributed by atoms with Crippen molar-refractivity contribution in [2.24, 2.45) is 11.8 Å². The monoisotopic (exact) mass is 756 g/mol. The zero-order valence-corrected chi connectivity index (χ0v) is 34.0. The van der Waals surface area contributed by atoms with Crippen LogP contribution in [0.2, 0.25) is 0 Å². The maximum atomic E-state index is 12.9. The van der Waals surface area contributed by atoms with Gasteiger partial charge in [0.25, 0.3) is 0 Å². The van der Waals surface area contributed by atoms with Gasteiger partial charge < -0.3 is 9.97 Å². The summed E-state index contributed by atoms with van der Waals surface area (Å²) in [5.74, 6) is 8.95. The lowest BCUT2D eigenvalue weighted by Crippen LogP contribution is -2.08. The number of thioether (sulfide) groups is 1. The van der Waals surface area contributed by atoms with Gasteiger partial charge in [0.15, 0.2) is 5.78 Å². The number of rotatable bonds is 12. The predicted octanol–water partition coefficient (Wildman–Crippen LogP) is 13.0. The summed E-state index contributed by atoms with van der Waals surface area (Å²) < 4.78 is 0. The van der Waals surface area contributed by atoms with E-state index in [9.17, 15) is 4.79 Å². The summed E-state index contributed by atoms with van der Waals surface area (Å²) in [6, 6.07) is 21.3. The molecule has 56 heavy (non-hydrogen) atoms. The third-order valence-corrected chi connectivity index (χ3v) is 12.9. The van der Waals surface area contributed by atoms with Crippen LogP contribution < -0.4 is 0 Å². The van der Waals surface area contributed by atoms with E-state index in [-0.39, 0.29) is 5.78 Å². The molecule has 6 heteroatoms.